The molecule has 0 bridgehead atoms. The van der Waals surface area contributed by atoms with E-state index in [0.717, 1.165) is 39.5 Å². The quantitative estimate of drug-likeness (QED) is 0.451. The van der Waals surface area contributed by atoms with Crippen molar-refractivity contribution in [2.24, 2.45) is 10.7 Å². The number of carboxylic acid groups (broad SMARTS) is 1. The van der Waals surface area contributed by atoms with Crippen LogP contribution in [-0.4, -0.2) is 48.0 Å². The maximum atomic E-state index is 9.00. The number of rotatable bonds is 14. The van der Waals surface area contributed by atoms with Crippen LogP contribution in [0.15, 0.2) is 4.99 Å². The van der Waals surface area contributed by atoms with E-state index in [-0.39, 0.29) is 0 Å². The summed E-state index contributed by atoms with van der Waals surface area (Å²) in [6.07, 6.45) is 16.7. The molecule has 0 aliphatic carbocycles. The van der Waals surface area contributed by atoms with Crippen LogP contribution < -0.4 is 5.73 Å². The monoisotopic (exact) mass is 355 g/mol. The molecule has 0 atom stereocenters. The average molecular weight is 356 g/mol. The van der Waals surface area contributed by atoms with E-state index in [2.05, 4.69) is 16.8 Å². The number of hydrogen-bond acceptors (Lipinski definition) is 4. The molecule has 5 nitrogen and oxygen atoms in total. The number of hydrogen-bond donors (Lipinski definition) is 2. The lowest BCUT2D eigenvalue weighted by Crippen LogP contribution is -2.32. The van der Waals surface area contributed by atoms with Crippen molar-refractivity contribution in [3.8, 4) is 0 Å². The van der Waals surface area contributed by atoms with Crippen LogP contribution in [0.1, 0.15) is 90.9 Å². The molecule has 5 heteroatoms. The summed E-state index contributed by atoms with van der Waals surface area (Å²) < 4.78 is 0. The minimum Gasteiger partial charge on any atom is -0.481 e. The van der Waals surface area contributed by atoms with Gasteiger partial charge in [-0.25, -0.2) is 0 Å². The Bertz CT molecular complexity index is 342. The molecule has 1 aliphatic rings. The molecule has 0 aromatic heterocycles. The van der Waals surface area contributed by atoms with Crippen molar-refractivity contribution in [2.45, 2.75) is 90.9 Å². The van der Waals surface area contributed by atoms with E-state index in [1.54, 1.807) is 0 Å². The van der Waals surface area contributed by atoms with Crippen LogP contribution in [0, 0.1) is 0 Å². The Labute approximate surface area is 155 Å². The number of nitrogens with two attached hydrogens (primary N) is 1. The van der Waals surface area contributed by atoms with Crippen molar-refractivity contribution in [2.75, 3.05) is 26.2 Å². The van der Waals surface area contributed by atoms with Gasteiger partial charge in [0, 0.05) is 33.0 Å². The van der Waals surface area contributed by atoms with E-state index in [9.17, 15) is 0 Å². The standard InChI is InChI=1S/C18H37N3.C2H4O2/c1-2-3-4-5-6-7-8-9-10-11-12-13-18-20-15-17-21(18)16-14-19;1-2(3)4/h2-17,19H2,1H3;1H3,(H,3,4). The van der Waals surface area contributed by atoms with Gasteiger partial charge in [0.25, 0.3) is 5.97 Å². The minimum absolute atomic E-state index is 0.747. The molecule has 0 saturated carbocycles. The maximum absolute atomic E-state index is 9.00. The average Bonchev–Trinajstić information content (AvgIpc) is 3.00. The molecule has 25 heavy (non-hydrogen) atoms. The summed E-state index contributed by atoms with van der Waals surface area (Å²) >= 11 is 0. The lowest BCUT2D eigenvalue weighted by Gasteiger charge is -2.19. The zero-order valence-corrected chi connectivity index (χ0v) is 16.6. The predicted molar refractivity (Wildman–Crippen MR) is 107 cm³/mol. The van der Waals surface area contributed by atoms with Crippen LogP contribution in [-0.2, 0) is 4.79 Å². The number of unbranched alkanes of at least 4 members (excludes halogenated alkanes) is 10. The first kappa shape index (κ1) is 23.9. The molecule has 0 fully saturated rings. The Balaban J connectivity index is 0.00000129. The molecule has 0 unspecified atom stereocenters. The van der Waals surface area contributed by atoms with Gasteiger partial charge in [-0.1, -0.05) is 71.1 Å². The molecular formula is C20H41N3O2. The summed E-state index contributed by atoms with van der Waals surface area (Å²) in [6.45, 7) is 7.17. The first-order valence-electron chi connectivity index (χ1n) is 10.3. The van der Waals surface area contributed by atoms with E-state index < -0.39 is 5.97 Å². The highest BCUT2D eigenvalue weighted by molar-refractivity contribution is 5.83. The Morgan fingerprint density at radius 1 is 1.04 bits per heavy atom. The normalized spacial score (nSPS) is 13.4. The lowest BCUT2D eigenvalue weighted by molar-refractivity contribution is -0.134. The summed E-state index contributed by atoms with van der Waals surface area (Å²) in [5.74, 6) is 0.483. The fourth-order valence-electron chi connectivity index (χ4n) is 3.11. The van der Waals surface area contributed by atoms with Gasteiger partial charge in [-0.3, -0.25) is 9.79 Å². The van der Waals surface area contributed by atoms with Crippen LogP contribution in [0.25, 0.3) is 0 Å². The Morgan fingerprint density at radius 2 is 1.52 bits per heavy atom. The van der Waals surface area contributed by atoms with Gasteiger partial charge in [0.2, 0.25) is 0 Å². The van der Waals surface area contributed by atoms with Gasteiger partial charge in [-0.2, -0.15) is 0 Å². The van der Waals surface area contributed by atoms with Crippen molar-refractivity contribution >= 4 is 11.8 Å². The highest BCUT2D eigenvalue weighted by atomic mass is 16.4. The third-order valence-corrected chi connectivity index (χ3v) is 4.43. The molecule has 0 aromatic carbocycles. The van der Waals surface area contributed by atoms with Crippen molar-refractivity contribution in [3.05, 3.63) is 0 Å². The van der Waals surface area contributed by atoms with Crippen LogP contribution in [0.4, 0.5) is 0 Å². The Kier molecular flexibility index (Phi) is 16.9. The molecule has 0 amide bonds. The van der Waals surface area contributed by atoms with Crippen molar-refractivity contribution in [1.29, 1.82) is 0 Å². The molecular weight excluding hydrogens is 314 g/mol. The maximum Gasteiger partial charge on any atom is 0.300 e. The van der Waals surface area contributed by atoms with Crippen molar-refractivity contribution < 1.29 is 9.90 Å². The number of nitrogens with zero attached hydrogens (tertiary/aromatic N) is 2. The summed E-state index contributed by atoms with van der Waals surface area (Å²) in [5.41, 5.74) is 5.63. The van der Waals surface area contributed by atoms with Gasteiger partial charge in [0.05, 0.1) is 12.4 Å². The van der Waals surface area contributed by atoms with E-state index in [0.29, 0.717) is 0 Å². The first-order chi connectivity index (χ1) is 12.1. The third kappa shape index (κ3) is 16.1. The zero-order chi connectivity index (χ0) is 18.8. The van der Waals surface area contributed by atoms with Crippen LogP contribution in [0.2, 0.25) is 0 Å². The second-order valence-corrected chi connectivity index (χ2v) is 6.88. The fourth-order valence-corrected chi connectivity index (χ4v) is 3.11. The molecule has 1 aliphatic heterocycles. The van der Waals surface area contributed by atoms with Crippen LogP contribution >= 0.6 is 0 Å². The molecule has 148 valence electrons. The third-order valence-electron chi connectivity index (χ3n) is 4.43. The smallest absolute Gasteiger partial charge is 0.300 e. The topological polar surface area (TPSA) is 78.9 Å². The van der Waals surface area contributed by atoms with Gasteiger partial charge in [0.1, 0.15) is 0 Å². The predicted octanol–water partition coefficient (Wildman–Crippen LogP) is 4.45. The number of aliphatic imine (C=N–C) groups is 1. The minimum atomic E-state index is -0.833. The fraction of sp³-hybridized carbons (Fsp3) is 0.900. The summed E-state index contributed by atoms with van der Waals surface area (Å²) in [6, 6.07) is 0. The largest absolute Gasteiger partial charge is 0.481 e. The summed E-state index contributed by atoms with van der Waals surface area (Å²) in [7, 11) is 0. The van der Waals surface area contributed by atoms with Crippen molar-refractivity contribution in [1.82, 2.24) is 4.90 Å². The van der Waals surface area contributed by atoms with Gasteiger partial charge in [-0.15, -0.1) is 0 Å². The van der Waals surface area contributed by atoms with Gasteiger partial charge >= 0.3 is 0 Å². The highest BCUT2D eigenvalue weighted by Crippen LogP contribution is 2.13. The summed E-state index contributed by atoms with van der Waals surface area (Å²) in [5, 5.41) is 7.42. The Hall–Kier alpha value is -1.10. The van der Waals surface area contributed by atoms with Crippen molar-refractivity contribution in [3.63, 3.8) is 0 Å². The Morgan fingerprint density at radius 3 is 2.00 bits per heavy atom. The highest BCUT2D eigenvalue weighted by Gasteiger charge is 2.14. The molecule has 0 radical (unpaired) electrons. The lowest BCUT2D eigenvalue weighted by atomic mass is 10.1. The second-order valence-electron chi connectivity index (χ2n) is 6.88. The molecule has 0 aromatic rings. The number of amidine groups is 1. The molecule has 0 spiro atoms. The van der Waals surface area contributed by atoms with E-state index in [1.165, 1.54) is 76.5 Å². The number of carbonyl (C=O) groups is 1. The second kappa shape index (κ2) is 17.7. The van der Waals surface area contributed by atoms with Crippen LogP contribution in [0.5, 0.6) is 0 Å². The SMILES string of the molecule is CC(=O)O.CCCCCCCCCCCCCC1=NCCN1CCN. The summed E-state index contributed by atoms with van der Waals surface area (Å²) in [4.78, 5) is 16.0. The van der Waals surface area contributed by atoms with E-state index in [1.807, 2.05) is 0 Å². The molecule has 1 rings (SSSR count). The van der Waals surface area contributed by atoms with Gasteiger partial charge < -0.3 is 15.7 Å². The first-order valence-corrected chi connectivity index (χ1v) is 10.3. The van der Waals surface area contributed by atoms with E-state index in [4.69, 9.17) is 15.6 Å². The molecule has 0 saturated heterocycles. The van der Waals surface area contributed by atoms with Crippen LogP contribution in [0.3, 0.4) is 0 Å². The zero-order valence-electron chi connectivity index (χ0n) is 16.6. The number of aliphatic carboxylic acids is 1. The molecule has 1 heterocycles. The van der Waals surface area contributed by atoms with Gasteiger partial charge in [0.15, 0.2) is 0 Å². The van der Waals surface area contributed by atoms with Gasteiger partial charge in [-0.05, 0) is 6.42 Å². The number of carboxylic acids is 1. The molecule has 3 N–H and O–H groups in total. The van der Waals surface area contributed by atoms with E-state index >= 15 is 0 Å².